The Bertz CT molecular complexity index is 160. The monoisotopic (exact) mass is 204 g/mol. The Hall–Kier alpha value is -0.610. The summed E-state index contributed by atoms with van der Waals surface area (Å²) in [6.45, 7) is 7.51. The lowest BCUT2D eigenvalue weighted by atomic mass is 10.2. The van der Waals surface area contributed by atoms with E-state index in [0.717, 1.165) is 0 Å². The van der Waals surface area contributed by atoms with Crippen LogP contribution in [0.15, 0.2) is 0 Å². The first kappa shape index (κ1) is 13.4. The van der Waals surface area contributed by atoms with Crippen LogP contribution in [0.3, 0.4) is 0 Å². The zero-order valence-corrected chi connectivity index (χ0v) is 9.21. The van der Waals surface area contributed by atoms with E-state index >= 15 is 0 Å². The van der Waals surface area contributed by atoms with Crippen molar-refractivity contribution in [1.82, 2.24) is 0 Å². The predicted molar refractivity (Wildman–Crippen MR) is 53.4 cm³/mol. The summed E-state index contributed by atoms with van der Waals surface area (Å²) in [7, 11) is 0. The van der Waals surface area contributed by atoms with Gasteiger partial charge < -0.3 is 14.6 Å². The molecule has 84 valence electrons. The topological polar surface area (TPSA) is 55.8 Å². The van der Waals surface area contributed by atoms with Crippen LogP contribution >= 0.6 is 0 Å². The standard InChI is InChI=1S/C10H20O4/c1-10(2,3)14-8-7-13-6-4-5-9(11)12/h4-8H2,1-3H3,(H,11,12). The molecule has 4 nitrogen and oxygen atoms in total. The summed E-state index contributed by atoms with van der Waals surface area (Å²) < 4.78 is 10.6. The minimum absolute atomic E-state index is 0.134. The van der Waals surface area contributed by atoms with Gasteiger partial charge >= 0.3 is 5.97 Å². The first-order valence-corrected chi connectivity index (χ1v) is 4.85. The number of hydrogen-bond donors (Lipinski definition) is 1. The van der Waals surface area contributed by atoms with Gasteiger partial charge in [-0.05, 0) is 27.2 Å². The Morgan fingerprint density at radius 3 is 2.36 bits per heavy atom. The fraction of sp³-hybridized carbons (Fsp3) is 0.900. The molecule has 0 radical (unpaired) electrons. The van der Waals surface area contributed by atoms with Crippen molar-refractivity contribution in [3.63, 3.8) is 0 Å². The molecule has 0 spiro atoms. The molecule has 0 bridgehead atoms. The highest BCUT2D eigenvalue weighted by Crippen LogP contribution is 2.05. The van der Waals surface area contributed by atoms with Crippen LogP contribution in [0.4, 0.5) is 0 Å². The minimum atomic E-state index is -0.778. The highest BCUT2D eigenvalue weighted by atomic mass is 16.5. The summed E-state index contributed by atoms with van der Waals surface area (Å²) in [5.74, 6) is -0.778. The molecule has 0 fully saturated rings. The molecule has 0 aliphatic heterocycles. The smallest absolute Gasteiger partial charge is 0.303 e. The van der Waals surface area contributed by atoms with Crippen LogP contribution in [0.1, 0.15) is 33.6 Å². The van der Waals surface area contributed by atoms with Crippen LogP contribution in [0.5, 0.6) is 0 Å². The second-order valence-corrected chi connectivity index (χ2v) is 4.07. The molecular weight excluding hydrogens is 184 g/mol. The molecule has 0 heterocycles. The first-order chi connectivity index (χ1) is 6.42. The van der Waals surface area contributed by atoms with E-state index in [-0.39, 0.29) is 12.0 Å². The van der Waals surface area contributed by atoms with Crippen LogP contribution < -0.4 is 0 Å². The normalized spacial score (nSPS) is 11.6. The maximum absolute atomic E-state index is 10.1. The van der Waals surface area contributed by atoms with Gasteiger partial charge in [0.15, 0.2) is 0 Å². The van der Waals surface area contributed by atoms with Crippen LogP contribution in [0, 0.1) is 0 Å². The fourth-order valence-electron chi connectivity index (χ4n) is 0.834. The molecule has 0 aromatic carbocycles. The summed E-state index contributed by atoms with van der Waals surface area (Å²) in [4.78, 5) is 10.1. The van der Waals surface area contributed by atoms with Crippen molar-refractivity contribution in [2.45, 2.75) is 39.2 Å². The van der Waals surface area contributed by atoms with Crippen LogP contribution in [0.2, 0.25) is 0 Å². The summed E-state index contributed by atoms with van der Waals surface area (Å²) in [6, 6.07) is 0. The van der Waals surface area contributed by atoms with Gasteiger partial charge in [-0.25, -0.2) is 0 Å². The molecule has 14 heavy (non-hydrogen) atoms. The zero-order valence-electron chi connectivity index (χ0n) is 9.21. The van der Waals surface area contributed by atoms with Crippen molar-refractivity contribution in [3.8, 4) is 0 Å². The lowest BCUT2D eigenvalue weighted by Crippen LogP contribution is -2.21. The summed E-state index contributed by atoms with van der Waals surface area (Å²) in [6.07, 6.45) is 0.727. The van der Waals surface area contributed by atoms with Gasteiger partial charge in [0.1, 0.15) is 0 Å². The highest BCUT2D eigenvalue weighted by Gasteiger charge is 2.08. The van der Waals surface area contributed by atoms with Crippen molar-refractivity contribution < 1.29 is 19.4 Å². The van der Waals surface area contributed by atoms with E-state index in [4.69, 9.17) is 14.6 Å². The van der Waals surface area contributed by atoms with E-state index in [9.17, 15) is 4.79 Å². The van der Waals surface area contributed by atoms with E-state index in [2.05, 4.69) is 0 Å². The van der Waals surface area contributed by atoms with Gasteiger partial charge in [-0.2, -0.15) is 0 Å². The third-order valence-corrected chi connectivity index (χ3v) is 1.44. The average molecular weight is 204 g/mol. The molecule has 0 saturated heterocycles. The highest BCUT2D eigenvalue weighted by molar-refractivity contribution is 5.66. The molecule has 1 N–H and O–H groups in total. The number of rotatable bonds is 7. The predicted octanol–water partition coefficient (Wildman–Crippen LogP) is 1.68. The Morgan fingerprint density at radius 1 is 1.21 bits per heavy atom. The van der Waals surface area contributed by atoms with Gasteiger partial charge in [0, 0.05) is 13.0 Å². The van der Waals surface area contributed by atoms with Crippen molar-refractivity contribution >= 4 is 5.97 Å². The molecule has 0 aliphatic carbocycles. The van der Waals surface area contributed by atoms with Crippen LogP contribution in [-0.2, 0) is 14.3 Å². The number of carboxylic acid groups (broad SMARTS) is 1. The van der Waals surface area contributed by atoms with Crippen molar-refractivity contribution in [3.05, 3.63) is 0 Å². The van der Waals surface area contributed by atoms with Gasteiger partial charge in [-0.15, -0.1) is 0 Å². The molecule has 4 heteroatoms. The lowest BCUT2D eigenvalue weighted by Gasteiger charge is -2.19. The number of hydrogen-bond acceptors (Lipinski definition) is 3. The quantitative estimate of drug-likeness (QED) is 0.641. The van der Waals surface area contributed by atoms with E-state index in [1.165, 1.54) is 0 Å². The Balaban J connectivity index is 3.11. The van der Waals surface area contributed by atoms with Gasteiger partial charge in [0.05, 0.1) is 18.8 Å². The van der Waals surface area contributed by atoms with Crippen molar-refractivity contribution in [2.24, 2.45) is 0 Å². The molecular formula is C10H20O4. The van der Waals surface area contributed by atoms with Gasteiger partial charge in [-0.3, -0.25) is 4.79 Å². The largest absolute Gasteiger partial charge is 0.481 e. The Morgan fingerprint density at radius 2 is 1.86 bits per heavy atom. The second kappa shape index (κ2) is 6.79. The maximum Gasteiger partial charge on any atom is 0.303 e. The number of ether oxygens (including phenoxy) is 2. The van der Waals surface area contributed by atoms with Crippen LogP contribution in [-0.4, -0.2) is 36.5 Å². The molecule has 0 aromatic rings. The maximum atomic E-state index is 10.1. The molecule has 0 rings (SSSR count). The molecule has 0 saturated carbocycles. The second-order valence-electron chi connectivity index (χ2n) is 4.07. The Kier molecular flexibility index (Phi) is 6.49. The average Bonchev–Trinajstić information content (AvgIpc) is 2.00. The first-order valence-electron chi connectivity index (χ1n) is 4.85. The number of carbonyl (C=O) groups is 1. The van der Waals surface area contributed by atoms with E-state index in [0.29, 0.717) is 26.2 Å². The zero-order chi connectivity index (χ0) is 11.0. The third kappa shape index (κ3) is 11.4. The number of carboxylic acids is 1. The molecule has 0 unspecified atom stereocenters. The van der Waals surface area contributed by atoms with Crippen molar-refractivity contribution in [1.29, 1.82) is 0 Å². The Labute approximate surface area is 85.2 Å². The minimum Gasteiger partial charge on any atom is -0.481 e. The molecule has 0 atom stereocenters. The van der Waals surface area contributed by atoms with Gasteiger partial charge in [-0.1, -0.05) is 0 Å². The molecule has 0 aliphatic rings. The SMILES string of the molecule is CC(C)(C)OCCOCCCC(=O)O. The third-order valence-electron chi connectivity index (χ3n) is 1.44. The fourth-order valence-corrected chi connectivity index (χ4v) is 0.834. The van der Waals surface area contributed by atoms with E-state index in [1.807, 2.05) is 20.8 Å². The van der Waals surface area contributed by atoms with Gasteiger partial charge in [0.2, 0.25) is 0 Å². The number of aliphatic carboxylic acids is 1. The summed E-state index contributed by atoms with van der Waals surface area (Å²) in [5, 5.41) is 8.34. The molecule has 0 amide bonds. The van der Waals surface area contributed by atoms with Gasteiger partial charge in [0.25, 0.3) is 0 Å². The van der Waals surface area contributed by atoms with Crippen molar-refractivity contribution in [2.75, 3.05) is 19.8 Å². The van der Waals surface area contributed by atoms with E-state index < -0.39 is 5.97 Å². The molecule has 0 aromatic heterocycles. The van der Waals surface area contributed by atoms with Crippen LogP contribution in [0.25, 0.3) is 0 Å². The summed E-state index contributed by atoms with van der Waals surface area (Å²) >= 11 is 0. The van der Waals surface area contributed by atoms with E-state index in [1.54, 1.807) is 0 Å². The summed E-state index contributed by atoms with van der Waals surface area (Å²) in [5.41, 5.74) is -0.134. The lowest BCUT2D eigenvalue weighted by molar-refractivity contribution is -0.137.